The first-order valence-corrected chi connectivity index (χ1v) is 4.44. The largest absolute Gasteiger partial charge is 0.394 e. The fourth-order valence-corrected chi connectivity index (χ4v) is 1.90. The van der Waals surface area contributed by atoms with Gasteiger partial charge in [0.2, 0.25) is 0 Å². The van der Waals surface area contributed by atoms with E-state index in [9.17, 15) is 0 Å². The molecule has 0 saturated heterocycles. The van der Waals surface area contributed by atoms with Crippen LogP contribution in [0.25, 0.3) is 0 Å². The number of hydrogen-bond donors (Lipinski definition) is 1. The summed E-state index contributed by atoms with van der Waals surface area (Å²) < 4.78 is 0. The Labute approximate surface area is 83.2 Å². The van der Waals surface area contributed by atoms with E-state index in [1.54, 1.807) is 11.3 Å². The molecule has 1 aromatic heterocycles. The number of aliphatic hydroxyl groups is 1. The maximum absolute atomic E-state index is 9.03. The van der Waals surface area contributed by atoms with Crippen LogP contribution >= 0.6 is 23.7 Å². The fraction of sp³-hybridized carbons (Fsp3) is 0.500. The molecule has 0 aliphatic heterocycles. The van der Waals surface area contributed by atoms with E-state index < -0.39 is 0 Å². The molecule has 0 saturated carbocycles. The maximum atomic E-state index is 9.03. The summed E-state index contributed by atoms with van der Waals surface area (Å²) in [6, 6.07) is 4.22. The van der Waals surface area contributed by atoms with Crippen LogP contribution in [-0.4, -0.2) is 30.7 Å². The van der Waals surface area contributed by atoms with Gasteiger partial charge in [-0.05, 0) is 25.5 Å². The Hall–Kier alpha value is -0.0900. The van der Waals surface area contributed by atoms with Gasteiger partial charge in [-0.1, -0.05) is 6.07 Å². The number of rotatable bonds is 3. The SMILES string of the molecule is CN(C)C(CO)c1cccs1.Cl. The van der Waals surface area contributed by atoms with Crippen molar-refractivity contribution in [2.75, 3.05) is 20.7 Å². The quantitative estimate of drug-likeness (QED) is 0.817. The molecule has 1 rings (SSSR count). The summed E-state index contributed by atoms with van der Waals surface area (Å²) in [5, 5.41) is 11.1. The van der Waals surface area contributed by atoms with Crippen molar-refractivity contribution in [3.05, 3.63) is 22.4 Å². The van der Waals surface area contributed by atoms with E-state index in [2.05, 4.69) is 0 Å². The van der Waals surface area contributed by atoms with Crippen LogP contribution in [0.1, 0.15) is 10.9 Å². The molecule has 0 spiro atoms. The molecule has 0 aromatic carbocycles. The third-order valence-electron chi connectivity index (χ3n) is 1.67. The molecule has 1 atom stereocenters. The first kappa shape index (κ1) is 11.9. The lowest BCUT2D eigenvalue weighted by molar-refractivity contribution is 0.173. The van der Waals surface area contributed by atoms with Gasteiger partial charge in [0.15, 0.2) is 0 Å². The Bertz CT molecular complexity index is 201. The zero-order valence-electron chi connectivity index (χ0n) is 7.23. The summed E-state index contributed by atoms with van der Waals surface area (Å²) in [7, 11) is 3.95. The molecule has 1 aromatic rings. The molecular weight excluding hydrogens is 194 g/mol. The number of thiophene rings is 1. The number of aliphatic hydroxyl groups excluding tert-OH is 1. The van der Waals surface area contributed by atoms with Gasteiger partial charge in [-0.2, -0.15) is 0 Å². The molecule has 0 radical (unpaired) electrons. The summed E-state index contributed by atoms with van der Waals surface area (Å²) in [5.74, 6) is 0. The van der Waals surface area contributed by atoms with Gasteiger partial charge in [-0.25, -0.2) is 0 Å². The first-order chi connectivity index (χ1) is 5.25. The van der Waals surface area contributed by atoms with E-state index in [0.29, 0.717) is 0 Å². The average Bonchev–Trinajstić information content (AvgIpc) is 2.40. The zero-order chi connectivity index (χ0) is 8.27. The van der Waals surface area contributed by atoms with Gasteiger partial charge in [-0.3, -0.25) is 4.90 Å². The van der Waals surface area contributed by atoms with Crippen molar-refractivity contribution in [2.24, 2.45) is 0 Å². The zero-order valence-corrected chi connectivity index (χ0v) is 8.86. The second-order valence-electron chi connectivity index (χ2n) is 2.68. The smallest absolute Gasteiger partial charge is 0.0669 e. The number of nitrogens with zero attached hydrogens (tertiary/aromatic N) is 1. The van der Waals surface area contributed by atoms with Crippen molar-refractivity contribution < 1.29 is 5.11 Å². The summed E-state index contributed by atoms with van der Waals surface area (Å²) in [6.07, 6.45) is 0. The summed E-state index contributed by atoms with van der Waals surface area (Å²) >= 11 is 1.68. The molecule has 0 fully saturated rings. The molecule has 1 heterocycles. The fourth-order valence-electron chi connectivity index (χ4n) is 0.989. The van der Waals surface area contributed by atoms with E-state index in [1.165, 1.54) is 4.88 Å². The van der Waals surface area contributed by atoms with Gasteiger partial charge < -0.3 is 5.11 Å². The van der Waals surface area contributed by atoms with Crippen LogP contribution in [0.3, 0.4) is 0 Å². The second kappa shape index (κ2) is 5.54. The Morgan fingerprint density at radius 2 is 2.25 bits per heavy atom. The molecule has 70 valence electrons. The number of halogens is 1. The Morgan fingerprint density at radius 3 is 2.58 bits per heavy atom. The number of hydrogen-bond acceptors (Lipinski definition) is 3. The van der Waals surface area contributed by atoms with Crippen molar-refractivity contribution in [3.8, 4) is 0 Å². The molecule has 0 aliphatic carbocycles. The van der Waals surface area contributed by atoms with Gasteiger partial charge in [-0.15, -0.1) is 23.7 Å². The predicted molar refractivity (Wildman–Crippen MR) is 55.1 cm³/mol. The van der Waals surface area contributed by atoms with Crippen molar-refractivity contribution >= 4 is 23.7 Å². The van der Waals surface area contributed by atoms with E-state index in [0.717, 1.165) is 0 Å². The van der Waals surface area contributed by atoms with Crippen LogP contribution in [0.4, 0.5) is 0 Å². The molecule has 0 aliphatic rings. The van der Waals surface area contributed by atoms with Gasteiger partial charge in [0.25, 0.3) is 0 Å². The molecule has 0 bridgehead atoms. The van der Waals surface area contributed by atoms with E-state index >= 15 is 0 Å². The highest BCUT2D eigenvalue weighted by molar-refractivity contribution is 7.10. The minimum absolute atomic E-state index is 0. The van der Waals surface area contributed by atoms with Crippen molar-refractivity contribution in [1.29, 1.82) is 0 Å². The maximum Gasteiger partial charge on any atom is 0.0669 e. The molecule has 1 N–H and O–H groups in total. The Kier molecular flexibility index (Phi) is 5.50. The standard InChI is InChI=1S/C8H13NOS.ClH/c1-9(2)7(6-10)8-4-3-5-11-8;/h3-5,7,10H,6H2,1-2H3;1H. The normalized spacial score (nSPS) is 12.7. The van der Waals surface area contributed by atoms with E-state index in [4.69, 9.17) is 5.11 Å². The van der Waals surface area contributed by atoms with Gasteiger partial charge >= 0.3 is 0 Å². The molecular formula is C8H14ClNOS. The topological polar surface area (TPSA) is 23.5 Å². The lowest BCUT2D eigenvalue weighted by atomic mass is 10.2. The van der Waals surface area contributed by atoms with Gasteiger partial charge in [0.05, 0.1) is 12.6 Å². The van der Waals surface area contributed by atoms with Crippen molar-refractivity contribution in [1.82, 2.24) is 4.90 Å². The predicted octanol–water partition coefficient (Wildman–Crippen LogP) is 1.76. The van der Waals surface area contributed by atoms with Crippen LogP contribution in [0.2, 0.25) is 0 Å². The summed E-state index contributed by atoms with van der Waals surface area (Å²) in [5.41, 5.74) is 0. The monoisotopic (exact) mass is 207 g/mol. The third-order valence-corrected chi connectivity index (χ3v) is 2.64. The summed E-state index contributed by atoms with van der Waals surface area (Å²) in [4.78, 5) is 3.24. The Balaban J connectivity index is 0.00000121. The molecule has 1 unspecified atom stereocenters. The second-order valence-corrected chi connectivity index (χ2v) is 3.66. The van der Waals surface area contributed by atoms with E-state index in [1.807, 2.05) is 36.5 Å². The minimum Gasteiger partial charge on any atom is -0.394 e. The minimum atomic E-state index is 0. The molecule has 4 heteroatoms. The highest BCUT2D eigenvalue weighted by atomic mass is 35.5. The summed E-state index contributed by atoms with van der Waals surface area (Å²) in [6.45, 7) is 0.188. The number of likely N-dealkylation sites (N-methyl/N-ethyl adjacent to an activating group) is 1. The lowest BCUT2D eigenvalue weighted by Crippen LogP contribution is -2.21. The lowest BCUT2D eigenvalue weighted by Gasteiger charge is -2.20. The first-order valence-electron chi connectivity index (χ1n) is 3.56. The highest BCUT2D eigenvalue weighted by Crippen LogP contribution is 2.21. The molecule has 12 heavy (non-hydrogen) atoms. The Morgan fingerprint density at radius 1 is 1.58 bits per heavy atom. The van der Waals surface area contributed by atoms with Crippen molar-refractivity contribution in [3.63, 3.8) is 0 Å². The average molecular weight is 208 g/mol. The van der Waals surface area contributed by atoms with Crippen LogP contribution < -0.4 is 0 Å². The van der Waals surface area contributed by atoms with Gasteiger partial charge in [0.1, 0.15) is 0 Å². The molecule has 0 amide bonds. The van der Waals surface area contributed by atoms with Gasteiger partial charge in [0, 0.05) is 4.88 Å². The van der Waals surface area contributed by atoms with E-state index in [-0.39, 0.29) is 25.1 Å². The van der Waals surface area contributed by atoms with Crippen LogP contribution in [0.15, 0.2) is 17.5 Å². The van der Waals surface area contributed by atoms with Crippen LogP contribution in [0, 0.1) is 0 Å². The van der Waals surface area contributed by atoms with Crippen LogP contribution in [-0.2, 0) is 0 Å². The van der Waals surface area contributed by atoms with Crippen LogP contribution in [0.5, 0.6) is 0 Å². The highest BCUT2D eigenvalue weighted by Gasteiger charge is 2.12. The van der Waals surface area contributed by atoms with Crippen molar-refractivity contribution in [2.45, 2.75) is 6.04 Å². The third kappa shape index (κ3) is 2.75. The molecule has 2 nitrogen and oxygen atoms in total.